The highest BCUT2D eigenvalue weighted by molar-refractivity contribution is 5.92. The number of pyridine rings is 1. The van der Waals surface area contributed by atoms with Crippen LogP contribution in [0.15, 0.2) is 16.8 Å². The van der Waals surface area contributed by atoms with Crippen LogP contribution in [0.25, 0.3) is 11.1 Å². The fourth-order valence-corrected chi connectivity index (χ4v) is 3.42. The number of carbonyl (C=O) groups is 1. The molecule has 1 amide bonds. The van der Waals surface area contributed by atoms with E-state index in [-0.39, 0.29) is 46.6 Å². The van der Waals surface area contributed by atoms with E-state index in [9.17, 15) is 18.0 Å². The topological polar surface area (TPSA) is 101 Å². The van der Waals surface area contributed by atoms with E-state index in [4.69, 9.17) is 4.52 Å². The number of fused-ring (bicyclic) bond motifs is 1. The molecule has 8 nitrogen and oxygen atoms in total. The lowest BCUT2D eigenvalue weighted by Crippen LogP contribution is -2.39. The number of amides is 1. The minimum atomic E-state index is -4.56. The van der Waals surface area contributed by atoms with Crippen molar-refractivity contribution in [1.29, 1.82) is 0 Å². The van der Waals surface area contributed by atoms with E-state index in [1.165, 1.54) is 13.1 Å². The molecule has 3 aromatic rings. The SMILES string of the molecule is Cc1noc2nc(C3CCCN(C(=O)c4cn[nH]n4)C3)cc(C(F)(F)F)c12. The summed E-state index contributed by atoms with van der Waals surface area (Å²) in [5.41, 5.74) is -0.411. The van der Waals surface area contributed by atoms with E-state index in [2.05, 4.69) is 25.6 Å². The maximum Gasteiger partial charge on any atom is 0.417 e. The summed E-state index contributed by atoms with van der Waals surface area (Å²) in [6.07, 6.45) is -1.98. The van der Waals surface area contributed by atoms with E-state index in [0.29, 0.717) is 19.4 Å². The number of aromatic amines is 1. The average Bonchev–Trinajstić information content (AvgIpc) is 3.30. The Hall–Kier alpha value is -2.98. The summed E-state index contributed by atoms with van der Waals surface area (Å²) in [5, 5.41) is 13.2. The summed E-state index contributed by atoms with van der Waals surface area (Å²) in [4.78, 5) is 18.3. The Balaban J connectivity index is 1.68. The van der Waals surface area contributed by atoms with Gasteiger partial charge >= 0.3 is 6.18 Å². The number of halogens is 3. The van der Waals surface area contributed by atoms with Gasteiger partial charge in [0.15, 0.2) is 5.69 Å². The molecule has 1 aliphatic heterocycles. The lowest BCUT2D eigenvalue weighted by molar-refractivity contribution is -0.136. The van der Waals surface area contributed by atoms with Crippen LogP contribution in [0.1, 0.15) is 46.2 Å². The zero-order chi connectivity index (χ0) is 19.2. The van der Waals surface area contributed by atoms with Crippen molar-refractivity contribution < 1.29 is 22.5 Å². The highest BCUT2D eigenvalue weighted by atomic mass is 19.4. The lowest BCUT2D eigenvalue weighted by atomic mass is 9.92. The van der Waals surface area contributed by atoms with Crippen LogP contribution in [0.4, 0.5) is 13.2 Å². The highest BCUT2D eigenvalue weighted by Gasteiger charge is 2.37. The molecule has 0 radical (unpaired) electrons. The van der Waals surface area contributed by atoms with Gasteiger partial charge < -0.3 is 9.42 Å². The van der Waals surface area contributed by atoms with Gasteiger partial charge in [0.2, 0.25) is 0 Å². The van der Waals surface area contributed by atoms with Crippen molar-refractivity contribution in [3.8, 4) is 0 Å². The maximum atomic E-state index is 13.5. The number of aromatic nitrogens is 5. The summed E-state index contributed by atoms with van der Waals surface area (Å²) >= 11 is 0. The van der Waals surface area contributed by atoms with Crippen LogP contribution in [0.5, 0.6) is 0 Å². The Morgan fingerprint density at radius 2 is 2.22 bits per heavy atom. The second-order valence-corrected chi connectivity index (χ2v) is 6.49. The number of hydrogen-bond acceptors (Lipinski definition) is 6. The molecule has 0 aliphatic carbocycles. The van der Waals surface area contributed by atoms with Gasteiger partial charge in [0.05, 0.1) is 28.5 Å². The van der Waals surface area contributed by atoms with E-state index >= 15 is 0 Å². The van der Waals surface area contributed by atoms with Gasteiger partial charge in [-0.05, 0) is 25.8 Å². The first-order valence-electron chi connectivity index (χ1n) is 8.33. The molecule has 1 fully saturated rings. The minimum Gasteiger partial charge on any atom is -0.337 e. The zero-order valence-corrected chi connectivity index (χ0v) is 14.2. The fourth-order valence-electron chi connectivity index (χ4n) is 3.42. The van der Waals surface area contributed by atoms with Gasteiger partial charge in [-0.3, -0.25) is 4.79 Å². The van der Waals surface area contributed by atoms with E-state index in [1.54, 1.807) is 4.90 Å². The molecular weight excluding hydrogens is 365 g/mol. The lowest BCUT2D eigenvalue weighted by Gasteiger charge is -2.32. The molecular formula is C16H15F3N6O2. The fraction of sp³-hybridized carbons (Fsp3) is 0.438. The molecule has 1 aliphatic rings. The molecule has 142 valence electrons. The minimum absolute atomic E-state index is 0.127. The Bertz CT molecular complexity index is 982. The van der Waals surface area contributed by atoms with Crippen LogP contribution in [-0.4, -0.2) is 49.4 Å². The second-order valence-electron chi connectivity index (χ2n) is 6.49. The van der Waals surface area contributed by atoms with Crippen LogP contribution >= 0.6 is 0 Å². The molecule has 27 heavy (non-hydrogen) atoms. The average molecular weight is 380 g/mol. The molecule has 0 aromatic carbocycles. The van der Waals surface area contributed by atoms with Crippen molar-refractivity contribution in [2.45, 2.75) is 31.9 Å². The molecule has 1 saturated heterocycles. The standard InChI is InChI=1S/C16H15F3N6O2/c1-8-13-10(16(17,18)19)5-11(21-14(13)27-23-8)9-3-2-4-25(7-9)15(26)12-6-20-24-22-12/h5-6,9H,2-4,7H2,1H3,(H,20,22,24). The van der Waals surface area contributed by atoms with Gasteiger partial charge in [0.25, 0.3) is 11.6 Å². The Morgan fingerprint density at radius 3 is 2.93 bits per heavy atom. The number of rotatable bonds is 2. The van der Waals surface area contributed by atoms with E-state index in [1.807, 2.05) is 0 Å². The number of aryl methyl sites for hydroxylation is 1. The first-order chi connectivity index (χ1) is 12.8. The number of nitrogens with one attached hydrogen (secondary N) is 1. The number of likely N-dealkylation sites (tertiary alicyclic amines) is 1. The second kappa shape index (κ2) is 6.32. The molecule has 1 atom stereocenters. The van der Waals surface area contributed by atoms with Crippen LogP contribution in [-0.2, 0) is 6.18 Å². The van der Waals surface area contributed by atoms with Crippen molar-refractivity contribution in [3.05, 3.63) is 34.9 Å². The number of alkyl halides is 3. The van der Waals surface area contributed by atoms with Crippen molar-refractivity contribution >= 4 is 17.0 Å². The number of hydrogen-bond donors (Lipinski definition) is 1. The quantitative estimate of drug-likeness (QED) is 0.734. The monoisotopic (exact) mass is 380 g/mol. The molecule has 11 heteroatoms. The Morgan fingerprint density at radius 1 is 1.41 bits per heavy atom. The molecule has 0 bridgehead atoms. The van der Waals surface area contributed by atoms with E-state index < -0.39 is 11.7 Å². The number of carbonyl (C=O) groups excluding carboxylic acids is 1. The van der Waals surface area contributed by atoms with E-state index in [0.717, 1.165) is 6.07 Å². The van der Waals surface area contributed by atoms with Gasteiger partial charge in [-0.2, -0.15) is 28.6 Å². The Kier molecular flexibility index (Phi) is 4.08. The van der Waals surface area contributed by atoms with Gasteiger partial charge in [-0.15, -0.1) is 0 Å². The third-order valence-corrected chi connectivity index (χ3v) is 4.70. The van der Waals surface area contributed by atoms with Gasteiger partial charge in [0, 0.05) is 19.0 Å². The van der Waals surface area contributed by atoms with Crippen LogP contribution < -0.4 is 0 Å². The molecule has 0 spiro atoms. The van der Waals surface area contributed by atoms with Crippen molar-refractivity contribution in [2.24, 2.45) is 0 Å². The zero-order valence-electron chi connectivity index (χ0n) is 14.2. The predicted octanol–water partition coefficient (Wildman–Crippen LogP) is 2.69. The third-order valence-electron chi connectivity index (χ3n) is 4.70. The molecule has 1 unspecified atom stereocenters. The maximum absolute atomic E-state index is 13.5. The van der Waals surface area contributed by atoms with Crippen LogP contribution in [0.2, 0.25) is 0 Å². The summed E-state index contributed by atoms with van der Waals surface area (Å²) in [5.74, 6) is -0.661. The number of nitrogens with zero attached hydrogens (tertiary/aromatic N) is 5. The summed E-state index contributed by atoms with van der Waals surface area (Å²) < 4.78 is 45.6. The largest absolute Gasteiger partial charge is 0.417 e. The molecule has 4 heterocycles. The molecule has 0 saturated carbocycles. The van der Waals surface area contributed by atoms with Crippen molar-refractivity contribution in [1.82, 2.24) is 30.5 Å². The van der Waals surface area contributed by atoms with Crippen molar-refractivity contribution in [3.63, 3.8) is 0 Å². The number of piperidine rings is 1. The molecule has 4 rings (SSSR count). The smallest absolute Gasteiger partial charge is 0.337 e. The van der Waals surface area contributed by atoms with Crippen LogP contribution in [0.3, 0.4) is 0 Å². The third kappa shape index (κ3) is 3.13. The predicted molar refractivity (Wildman–Crippen MR) is 85.8 cm³/mol. The van der Waals surface area contributed by atoms with Crippen LogP contribution in [0, 0.1) is 6.92 Å². The van der Waals surface area contributed by atoms with Gasteiger partial charge in [0.1, 0.15) is 0 Å². The summed E-state index contributed by atoms with van der Waals surface area (Å²) in [7, 11) is 0. The summed E-state index contributed by atoms with van der Waals surface area (Å²) in [6.45, 7) is 2.19. The first-order valence-corrected chi connectivity index (χ1v) is 8.33. The first kappa shape index (κ1) is 17.4. The van der Waals surface area contributed by atoms with Crippen molar-refractivity contribution in [2.75, 3.05) is 13.1 Å². The highest BCUT2D eigenvalue weighted by Crippen LogP contribution is 2.38. The van der Waals surface area contributed by atoms with Gasteiger partial charge in [-0.1, -0.05) is 5.16 Å². The number of H-pyrrole nitrogens is 1. The summed E-state index contributed by atoms with van der Waals surface area (Å²) in [6, 6.07) is 1.04. The molecule has 1 N–H and O–H groups in total. The van der Waals surface area contributed by atoms with Gasteiger partial charge in [-0.25, -0.2) is 4.98 Å². The normalized spacial score (nSPS) is 18.2. The molecule has 3 aromatic heterocycles. The Labute approximate surface area is 150 Å².